The molecule has 0 bridgehead atoms. The monoisotopic (exact) mass is 271 g/mol. The van der Waals surface area contributed by atoms with Gasteiger partial charge in [-0.2, -0.15) is 0 Å². The Balaban J connectivity index is 2.18. The fraction of sp³-hybridized carbons (Fsp3) is 0.312. The van der Waals surface area contributed by atoms with Gasteiger partial charge in [0.05, 0.1) is 19.3 Å². The number of hydrogen-bond acceptors (Lipinski definition) is 4. The molecular formula is C16H21N3O. The molecule has 0 aliphatic heterocycles. The number of nitrogens with zero attached hydrogens (tertiary/aromatic N) is 2. The van der Waals surface area contributed by atoms with E-state index in [1.165, 1.54) is 0 Å². The normalized spacial score (nSPS) is 10.4. The van der Waals surface area contributed by atoms with Crippen LogP contribution in [0.5, 0.6) is 5.75 Å². The van der Waals surface area contributed by atoms with Crippen LogP contribution in [0.2, 0.25) is 0 Å². The van der Waals surface area contributed by atoms with E-state index in [0.717, 1.165) is 34.9 Å². The van der Waals surface area contributed by atoms with E-state index >= 15 is 0 Å². The molecule has 0 unspecified atom stereocenters. The van der Waals surface area contributed by atoms with Crippen LogP contribution >= 0.6 is 0 Å². The van der Waals surface area contributed by atoms with Gasteiger partial charge in [-0.15, -0.1) is 0 Å². The zero-order chi connectivity index (χ0) is 14.5. The third kappa shape index (κ3) is 3.48. The summed E-state index contributed by atoms with van der Waals surface area (Å²) in [7, 11) is 3.72. The molecule has 106 valence electrons. The summed E-state index contributed by atoms with van der Waals surface area (Å²) in [5.41, 5.74) is 9.90. The summed E-state index contributed by atoms with van der Waals surface area (Å²) in [4.78, 5) is 6.70. The number of nitrogens with two attached hydrogens (primary N) is 1. The Morgan fingerprint density at radius 3 is 2.75 bits per heavy atom. The van der Waals surface area contributed by atoms with Crippen LogP contribution in [0.15, 0.2) is 36.4 Å². The first-order valence-electron chi connectivity index (χ1n) is 6.64. The molecule has 2 N–H and O–H groups in total. The highest BCUT2D eigenvalue weighted by Gasteiger charge is 2.06. The van der Waals surface area contributed by atoms with Crippen molar-refractivity contribution >= 4 is 5.69 Å². The van der Waals surface area contributed by atoms with Gasteiger partial charge in [-0.25, -0.2) is 0 Å². The lowest BCUT2D eigenvalue weighted by atomic mass is 10.2. The van der Waals surface area contributed by atoms with Crippen LogP contribution in [0.3, 0.4) is 0 Å². The fourth-order valence-corrected chi connectivity index (χ4v) is 2.16. The Morgan fingerprint density at radius 1 is 1.25 bits per heavy atom. The van der Waals surface area contributed by atoms with Gasteiger partial charge >= 0.3 is 0 Å². The lowest BCUT2D eigenvalue weighted by molar-refractivity contribution is 0.413. The van der Waals surface area contributed by atoms with Crippen LogP contribution in [0.4, 0.5) is 5.69 Å². The van der Waals surface area contributed by atoms with Gasteiger partial charge in [0, 0.05) is 37.1 Å². The minimum Gasteiger partial charge on any atom is -0.497 e. The molecule has 0 fully saturated rings. The summed E-state index contributed by atoms with van der Waals surface area (Å²) in [6.07, 6.45) is 0. The van der Waals surface area contributed by atoms with E-state index in [2.05, 4.69) is 22.0 Å². The maximum Gasteiger partial charge on any atom is 0.122 e. The van der Waals surface area contributed by atoms with Crippen LogP contribution in [0.25, 0.3) is 0 Å². The Kier molecular flexibility index (Phi) is 4.58. The van der Waals surface area contributed by atoms with Crippen LogP contribution in [0.1, 0.15) is 17.0 Å². The van der Waals surface area contributed by atoms with Crippen molar-refractivity contribution in [1.29, 1.82) is 0 Å². The molecule has 0 radical (unpaired) electrons. The summed E-state index contributed by atoms with van der Waals surface area (Å²) < 4.78 is 5.28. The SMILES string of the molecule is COc1cc(C)nc(CN(C)c2cccc(CN)c2)c1. The Hall–Kier alpha value is -2.07. The Labute approximate surface area is 120 Å². The lowest BCUT2D eigenvalue weighted by Gasteiger charge is -2.20. The molecule has 1 aromatic heterocycles. The smallest absolute Gasteiger partial charge is 0.122 e. The largest absolute Gasteiger partial charge is 0.497 e. The van der Waals surface area contributed by atoms with Crippen LogP contribution in [-0.2, 0) is 13.1 Å². The molecule has 0 amide bonds. The van der Waals surface area contributed by atoms with Gasteiger partial charge in [0.1, 0.15) is 5.75 Å². The third-order valence-electron chi connectivity index (χ3n) is 3.20. The Bertz CT molecular complexity index is 584. The Morgan fingerprint density at radius 2 is 2.05 bits per heavy atom. The van der Waals surface area contributed by atoms with Crippen molar-refractivity contribution in [2.24, 2.45) is 5.73 Å². The summed E-state index contributed by atoms with van der Waals surface area (Å²) >= 11 is 0. The van der Waals surface area contributed by atoms with E-state index in [-0.39, 0.29) is 0 Å². The zero-order valence-electron chi connectivity index (χ0n) is 12.3. The van der Waals surface area contributed by atoms with E-state index in [1.807, 2.05) is 38.2 Å². The quantitative estimate of drug-likeness (QED) is 0.907. The number of methoxy groups -OCH3 is 1. The average molecular weight is 271 g/mol. The molecule has 0 aliphatic carbocycles. The fourth-order valence-electron chi connectivity index (χ4n) is 2.16. The highest BCUT2D eigenvalue weighted by molar-refractivity contribution is 5.48. The molecule has 0 spiro atoms. The van der Waals surface area contributed by atoms with Crippen LogP contribution < -0.4 is 15.4 Å². The van der Waals surface area contributed by atoms with Crippen molar-refractivity contribution in [3.8, 4) is 5.75 Å². The van der Waals surface area contributed by atoms with Crippen molar-refractivity contribution in [2.75, 3.05) is 19.1 Å². The number of ether oxygens (including phenoxy) is 1. The van der Waals surface area contributed by atoms with Crippen molar-refractivity contribution in [3.63, 3.8) is 0 Å². The van der Waals surface area contributed by atoms with Crippen molar-refractivity contribution in [3.05, 3.63) is 53.3 Å². The first-order valence-corrected chi connectivity index (χ1v) is 6.64. The molecule has 20 heavy (non-hydrogen) atoms. The summed E-state index contributed by atoms with van der Waals surface area (Å²) in [5, 5.41) is 0. The summed E-state index contributed by atoms with van der Waals surface area (Å²) in [6, 6.07) is 12.1. The van der Waals surface area contributed by atoms with Crippen LogP contribution in [0, 0.1) is 6.92 Å². The number of aryl methyl sites for hydroxylation is 1. The van der Waals surface area contributed by atoms with E-state index < -0.39 is 0 Å². The van der Waals surface area contributed by atoms with Gasteiger partial charge < -0.3 is 15.4 Å². The molecule has 1 heterocycles. The van der Waals surface area contributed by atoms with Gasteiger partial charge in [0.15, 0.2) is 0 Å². The number of aromatic nitrogens is 1. The second-order valence-electron chi connectivity index (χ2n) is 4.87. The van der Waals surface area contributed by atoms with Gasteiger partial charge in [0.25, 0.3) is 0 Å². The molecule has 4 nitrogen and oxygen atoms in total. The highest BCUT2D eigenvalue weighted by atomic mass is 16.5. The van der Waals surface area contributed by atoms with Gasteiger partial charge in [0.2, 0.25) is 0 Å². The zero-order valence-corrected chi connectivity index (χ0v) is 12.3. The number of anilines is 1. The number of benzene rings is 1. The van der Waals surface area contributed by atoms with Crippen molar-refractivity contribution in [1.82, 2.24) is 4.98 Å². The maximum atomic E-state index is 5.68. The molecule has 1 aromatic carbocycles. The van der Waals surface area contributed by atoms with Crippen molar-refractivity contribution < 1.29 is 4.74 Å². The number of rotatable bonds is 5. The predicted octanol–water partition coefficient (Wildman–Crippen LogP) is 2.49. The number of hydrogen-bond donors (Lipinski definition) is 1. The standard InChI is InChI=1S/C16H21N3O/c1-12-7-16(20-3)9-14(18-12)11-19(2)15-6-4-5-13(8-15)10-17/h4-9H,10-11,17H2,1-3H3. The lowest BCUT2D eigenvalue weighted by Crippen LogP contribution is -2.17. The minimum atomic E-state index is 0.554. The van der Waals surface area contributed by atoms with Gasteiger partial charge in [-0.3, -0.25) is 4.98 Å². The first-order chi connectivity index (χ1) is 9.62. The topological polar surface area (TPSA) is 51.4 Å². The molecular weight excluding hydrogens is 250 g/mol. The van der Waals surface area contributed by atoms with E-state index in [4.69, 9.17) is 10.5 Å². The summed E-state index contributed by atoms with van der Waals surface area (Å²) in [5.74, 6) is 0.844. The molecule has 0 saturated heterocycles. The molecule has 0 saturated carbocycles. The molecule has 0 atom stereocenters. The van der Waals surface area contributed by atoms with E-state index in [9.17, 15) is 0 Å². The predicted molar refractivity (Wildman–Crippen MR) is 82.0 cm³/mol. The second-order valence-corrected chi connectivity index (χ2v) is 4.87. The molecule has 2 aromatic rings. The third-order valence-corrected chi connectivity index (χ3v) is 3.20. The number of pyridine rings is 1. The minimum absolute atomic E-state index is 0.554. The molecule has 2 rings (SSSR count). The second kappa shape index (κ2) is 6.39. The summed E-state index contributed by atoms with van der Waals surface area (Å²) in [6.45, 7) is 3.26. The van der Waals surface area contributed by atoms with Gasteiger partial charge in [-0.1, -0.05) is 12.1 Å². The van der Waals surface area contributed by atoms with E-state index in [0.29, 0.717) is 6.54 Å². The molecule has 4 heteroatoms. The van der Waals surface area contributed by atoms with Gasteiger partial charge in [-0.05, 0) is 24.6 Å². The first kappa shape index (κ1) is 14.3. The maximum absolute atomic E-state index is 5.68. The van der Waals surface area contributed by atoms with Crippen LogP contribution in [-0.4, -0.2) is 19.1 Å². The average Bonchev–Trinajstić information content (AvgIpc) is 2.46. The van der Waals surface area contributed by atoms with E-state index in [1.54, 1.807) is 7.11 Å². The highest BCUT2D eigenvalue weighted by Crippen LogP contribution is 2.19. The van der Waals surface area contributed by atoms with Crippen molar-refractivity contribution in [2.45, 2.75) is 20.0 Å². The molecule has 0 aliphatic rings.